The number of ether oxygens (including phenoxy) is 1. The first-order valence-electron chi connectivity index (χ1n) is 11.4. The van der Waals surface area contributed by atoms with Crippen LogP contribution in [0.15, 0.2) is 42.6 Å². The molecule has 2 aromatic carbocycles. The Morgan fingerprint density at radius 1 is 1.36 bits per heavy atom. The van der Waals surface area contributed by atoms with Gasteiger partial charge in [-0.25, -0.2) is 4.39 Å². The number of methoxy groups -OCH3 is 1. The van der Waals surface area contributed by atoms with Crippen molar-refractivity contribution in [2.24, 2.45) is 0 Å². The van der Waals surface area contributed by atoms with Crippen molar-refractivity contribution in [1.29, 1.82) is 0 Å². The maximum Gasteiger partial charge on any atom is 0.305 e. The van der Waals surface area contributed by atoms with E-state index in [9.17, 15) is 9.18 Å². The van der Waals surface area contributed by atoms with Crippen LogP contribution >= 0.6 is 0 Å². The largest absolute Gasteiger partial charge is 0.469 e. The van der Waals surface area contributed by atoms with Crippen LogP contribution in [0.1, 0.15) is 44.2 Å². The van der Waals surface area contributed by atoms with Crippen molar-refractivity contribution in [2.75, 3.05) is 7.04 Å². The van der Waals surface area contributed by atoms with E-state index in [1.54, 1.807) is 18.3 Å². The Kier molecular flexibility index (Phi) is 3.33. The van der Waals surface area contributed by atoms with Gasteiger partial charge < -0.3 is 9.30 Å². The van der Waals surface area contributed by atoms with Crippen LogP contribution in [0, 0.1) is 5.82 Å². The van der Waals surface area contributed by atoms with E-state index < -0.39 is 25.8 Å². The highest BCUT2D eigenvalue weighted by molar-refractivity contribution is 5.98. The van der Waals surface area contributed by atoms with E-state index in [0.717, 1.165) is 22.1 Å². The van der Waals surface area contributed by atoms with Gasteiger partial charge in [-0.15, -0.1) is 0 Å². The van der Waals surface area contributed by atoms with Crippen molar-refractivity contribution >= 4 is 27.8 Å². The first-order valence-corrected chi connectivity index (χ1v) is 8.87. The van der Waals surface area contributed by atoms with E-state index in [0.29, 0.717) is 16.6 Å². The van der Waals surface area contributed by atoms with Gasteiger partial charge in [-0.1, -0.05) is 13.8 Å². The van der Waals surface area contributed by atoms with E-state index in [2.05, 4.69) is 14.9 Å². The predicted molar refractivity (Wildman–Crippen MR) is 107 cm³/mol. The number of benzene rings is 2. The van der Waals surface area contributed by atoms with Crippen LogP contribution in [0.3, 0.4) is 0 Å². The fourth-order valence-corrected chi connectivity index (χ4v) is 3.67. The van der Waals surface area contributed by atoms with Gasteiger partial charge in [-0.05, 0) is 54.3 Å². The van der Waals surface area contributed by atoms with Gasteiger partial charge in [0.15, 0.2) is 0 Å². The van der Waals surface area contributed by atoms with Crippen LogP contribution in [0.25, 0.3) is 27.5 Å². The molecule has 2 aromatic heterocycles. The van der Waals surface area contributed by atoms with Gasteiger partial charge in [0, 0.05) is 31.3 Å². The van der Waals surface area contributed by atoms with Crippen LogP contribution < -0.4 is 0 Å². The Bertz CT molecular complexity index is 1340. The second kappa shape index (κ2) is 7.11. The minimum Gasteiger partial charge on any atom is -0.469 e. The highest BCUT2D eigenvalue weighted by Crippen LogP contribution is 2.36. The third kappa shape index (κ3) is 3.05. The number of nitrogens with one attached hydrogen (secondary N) is 1. The molecule has 1 N–H and O–H groups in total. The number of fused-ring (bicyclic) bond motifs is 2. The van der Waals surface area contributed by atoms with Gasteiger partial charge in [0.1, 0.15) is 5.82 Å². The van der Waals surface area contributed by atoms with Crippen LogP contribution in [-0.4, -0.2) is 27.8 Å². The number of carbonyl (C=O) groups is 1. The fraction of sp³-hybridized carbons (Fsp3) is 0.273. The number of aromatic nitrogens is 3. The highest BCUT2D eigenvalue weighted by Gasteiger charge is 2.22. The standard InChI is InChI=1S/C22H22FN3O2/c1-13(2)22-17(8-9-21(27)28-3)18-11-19-14(12-24-25-19)10-20(18)26(22)16-6-4-15(23)5-7-16/h4-7,10-13H,8-9H2,1-3H3,(H,24,25)/i3D3,9D2. The average molecular weight is 384 g/mol. The van der Waals surface area contributed by atoms with Crippen LogP contribution in [0.4, 0.5) is 4.39 Å². The Hall–Kier alpha value is -3.15. The molecular formula is C22H22FN3O2. The van der Waals surface area contributed by atoms with Crippen LogP contribution in [0.5, 0.6) is 0 Å². The molecule has 0 radical (unpaired) electrons. The summed E-state index contributed by atoms with van der Waals surface area (Å²) in [5, 5.41) is 8.45. The lowest BCUT2D eigenvalue weighted by Crippen LogP contribution is -2.07. The fourth-order valence-electron chi connectivity index (χ4n) is 3.67. The molecule has 0 saturated heterocycles. The average Bonchev–Trinajstić information content (AvgIpc) is 3.27. The summed E-state index contributed by atoms with van der Waals surface area (Å²) in [5.41, 5.74) is 3.39. The molecule has 0 aliphatic carbocycles. The van der Waals surface area contributed by atoms with Crippen molar-refractivity contribution in [3.8, 4) is 5.69 Å². The molecule has 2 heterocycles. The number of nitrogens with zero attached hydrogens (tertiary/aromatic N) is 2. The molecule has 5 nitrogen and oxygen atoms in total. The summed E-state index contributed by atoms with van der Waals surface area (Å²) in [7, 11) is -3.05. The summed E-state index contributed by atoms with van der Waals surface area (Å²) in [6.45, 7) is 3.86. The molecule has 28 heavy (non-hydrogen) atoms. The van der Waals surface area contributed by atoms with Gasteiger partial charge in [0.25, 0.3) is 0 Å². The van der Waals surface area contributed by atoms with Gasteiger partial charge in [-0.3, -0.25) is 9.89 Å². The van der Waals surface area contributed by atoms with Crippen molar-refractivity contribution in [3.05, 3.63) is 59.7 Å². The normalized spacial score (nSPS) is 15.2. The molecule has 0 saturated carbocycles. The van der Waals surface area contributed by atoms with Gasteiger partial charge in [0.2, 0.25) is 0 Å². The Labute approximate surface area is 169 Å². The molecule has 0 fully saturated rings. The number of H-pyrrole nitrogens is 1. The lowest BCUT2D eigenvalue weighted by atomic mass is 9.99. The number of halogens is 1. The number of esters is 1. The number of rotatable bonds is 5. The summed E-state index contributed by atoms with van der Waals surface area (Å²) >= 11 is 0. The molecule has 0 amide bonds. The Morgan fingerprint density at radius 3 is 2.86 bits per heavy atom. The monoisotopic (exact) mass is 384 g/mol. The molecule has 0 atom stereocenters. The lowest BCUT2D eigenvalue weighted by Gasteiger charge is -2.15. The Balaban J connectivity index is 1.97. The number of carbonyl (C=O) groups excluding carboxylic acids is 1. The first kappa shape index (κ1) is 13.1. The third-order valence-electron chi connectivity index (χ3n) is 4.81. The van der Waals surface area contributed by atoms with Crippen molar-refractivity contribution < 1.29 is 20.8 Å². The van der Waals surface area contributed by atoms with E-state index in [1.165, 1.54) is 12.1 Å². The second-order valence-corrected chi connectivity index (χ2v) is 6.90. The molecule has 0 aliphatic heterocycles. The van der Waals surface area contributed by atoms with E-state index in [1.807, 2.05) is 30.5 Å². The van der Waals surface area contributed by atoms with Crippen molar-refractivity contribution in [1.82, 2.24) is 14.8 Å². The smallest absolute Gasteiger partial charge is 0.305 e. The van der Waals surface area contributed by atoms with Gasteiger partial charge in [0.05, 0.1) is 28.4 Å². The van der Waals surface area contributed by atoms with E-state index in [-0.39, 0.29) is 11.7 Å². The number of aryl methyl sites for hydroxylation is 1. The molecule has 6 heteroatoms. The summed E-state index contributed by atoms with van der Waals surface area (Å²) in [6, 6.07) is 9.65. The summed E-state index contributed by atoms with van der Waals surface area (Å²) in [5.74, 6) is -1.95. The van der Waals surface area contributed by atoms with Crippen molar-refractivity contribution in [2.45, 2.75) is 32.6 Å². The molecule has 4 aromatic rings. The van der Waals surface area contributed by atoms with Crippen LogP contribution in [0.2, 0.25) is 0 Å². The zero-order valence-electron chi connectivity index (χ0n) is 20.4. The quantitative estimate of drug-likeness (QED) is 0.499. The van der Waals surface area contributed by atoms with Gasteiger partial charge in [-0.2, -0.15) is 5.10 Å². The summed E-state index contributed by atoms with van der Waals surface area (Å²) < 4.78 is 57.9. The highest BCUT2D eigenvalue weighted by atomic mass is 19.1. The predicted octanol–water partition coefficient (Wildman–Crippen LogP) is 4.87. The second-order valence-electron chi connectivity index (χ2n) is 6.90. The third-order valence-corrected chi connectivity index (χ3v) is 4.81. The molecule has 0 spiro atoms. The maximum absolute atomic E-state index is 13.6. The molecule has 4 rings (SSSR count). The topological polar surface area (TPSA) is 59.9 Å². The summed E-state index contributed by atoms with van der Waals surface area (Å²) in [4.78, 5) is 12.4. The number of hydrogen-bond acceptors (Lipinski definition) is 3. The van der Waals surface area contributed by atoms with E-state index >= 15 is 0 Å². The SMILES string of the molecule is [2H]C([2H])([2H])OC(=O)C([2H])([2H])Cc1c(C(C)C)n(-c2ccc(F)cc2)c2cc3cn[nH]c3cc12. The van der Waals surface area contributed by atoms with Gasteiger partial charge >= 0.3 is 5.97 Å². The molecule has 144 valence electrons. The first-order chi connectivity index (χ1) is 15.4. The molecular weight excluding hydrogens is 357 g/mol. The zero-order chi connectivity index (χ0) is 24.1. The minimum absolute atomic E-state index is 0.108. The zero-order valence-corrected chi connectivity index (χ0v) is 15.4. The number of aromatic amines is 1. The minimum atomic E-state index is -3.05. The van der Waals surface area contributed by atoms with E-state index in [4.69, 9.17) is 6.85 Å². The van der Waals surface area contributed by atoms with Crippen LogP contribution in [-0.2, 0) is 16.0 Å². The molecule has 0 bridgehead atoms. The maximum atomic E-state index is 13.6. The molecule has 0 unspecified atom stereocenters. The Morgan fingerprint density at radius 2 is 2.14 bits per heavy atom. The molecule has 0 aliphatic rings. The lowest BCUT2D eigenvalue weighted by molar-refractivity contribution is -0.140. The van der Waals surface area contributed by atoms with Crippen molar-refractivity contribution in [3.63, 3.8) is 0 Å². The number of hydrogen-bond donors (Lipinski definition) is 1. The summed E-state index contributed by atoms with van der Waals surface area (Å²) in [6.07, 6.45) is -1.33.